The zero-order valence-corrected chi connectivity index (χ0v) is 16.4. The Morgan fingerprint density at radius 3 is 2.21 bits per heavy atom. The molecule has 3 rings (SSSR count). The van der Waals surface area contributed by atoms with Crippen LogP contribution in [0.1, 0.15) is 33.6 Å². The minimum Gasteiger partial charge on any atom is -0.444 e. The van der Waals surface area contributed by atoms with Gasteiger partial charge in [-0.15, -0.1) is 13.2 Å². The van der Waals surface area contributed by atoms with Gasteiger partial charge in [-0.05, 0) is 57.9 Å². The van der Waals surface area contributed by atoms with Crippen LogP contribution in [0.25, 0.3) is 0 Å². The van der Waals surface area contributed by atoms with Crippen LogP contribution in [0.15, 0.2) is 24.3 Å². The third kappa shape index (κ3) is 5.68. The van der Waals surface area contributed by atoms with Crippen molar-refractivity contribution in [2.24, 2.45) is 5.41 Å². The van der Waals surface area contributed by atoms with E-state index in [0.717, 1.165) is 25.0 Å². The fraction of sp³-hybridized carbons (Fsp3) is 0.579. The number of carbonyl (C=O) groups is 2. The van der Waals surface area contributed by atoms with E-state index in [1.165, 1.54) is 12.1 Å². The summed E-state index contributed by atoms with van der Waals surface area (Å²) in [6.07, 6.45) is -3.56. The van der Waals surface area contributed by atoms with Crippen LogP contribution in [-0.4, -0.2) is 48.1 Å². The summed E-state index contributed by atoms with van der Waals surface area (Å²) >= 11 is 0. The highest BCUT2D eigenvalue weighted by atomic mass is 19.4. The second kappa shape index (κ2) is 7.31. The zero-order chi connectivity index (χ0) is 21.4. The lowest BCUT2D eigenvalue weighted by molar-refractivity contribution is -0.274. The lowest BCUT2D eigenvalue weighted by Gasteiger charge is -2.58. The van der Waals surface area contributed by atoms with Crippen molar-refractivity contribution in [1.29, 1.82) is 0 Å². The Labute approximate surface area is 166 Å². The number of likely N-dealkylation sites (tertiary alicyclic amines) is 1. The average molecular weight is 415 g/mol. The Balaban J connectivity index is 1.38. The largest absolute Gasteiger partial charge is 0.573 e. The molecule has 0 bridgehead atoms. The molecule has 160 valence electrons. The Morgan fingerprint density at radius 1 is 1.10 bits per heavy atom. The van der Waals surface area contributed by atoms with E-state index in [9.17, 15) is 22.8 Å². The number of rotatable bonds is 3. The maximum absolute atomic E-state index is 12.1. The third-order valence-corrected chi connectivity index (χ3v) is 4.74. The molecule has 1 aromatic carbocycles. The maximum atomic E-state index is 12.1. The number of hydrogen-bond acceptors (Lipinski definition) is 4. The highest BCUT2D eigenvalue weighted by Gasteiger charge is 2.54. The SMILES string of the molecule is CC(C)(C)OC(=O)N1CC2(CC(NC(=O)Nc3ccc(OC(F)(F)F)cc3)C2)C1. The summed E-state index contributed by atoms with van der Waals surface area (Å²) in [5.74, 6) is -0.357. The Bertz CT molecular complexity index is 760. The van der Waals surface area contributed by atoms with Gasteiger partial charge >= 0.3 is 18.5 Å². The lowest BCUT2D eigenvalue weighted by atomic mass is 9.61. The van der Waals surface area contributed by atoms with Crippen molar-refractivity contribution in [3.05, 3.63) is 24.3 Å². The van der Waals surface area contributed by atoms with Crippen LogP contribution in [0, 0.1) is 5.41 Å². The van der Waals surface area contributed by atoms with E-state index in [4.69, 9.17) is 4.74 Å². The van der Waals surface area contributed by atoms with Crippen LogP contribution in [0.5, 0.6) is 5.75 Å². The molecule has 1 saturated carbocycles. The Morgan fingerprint density at radius 2 is 1.69 bits per heavy atom. The van der Waals surface area contributed by atoms with E-state index in [1.54, 1.807) is 4.90 Å². The number of nitrogens with one attached hydrogen (secondary N) is 2. The van der Waals surface area contributed by atoms with Gasteiger partial charge in [-0.2, -0.15) is 0 Å². The summed E-state index contributed by atoms with van der Waals surface area (Å²) in [4.78, 5) is 25.7. The second-order valence-corrected chi connectivity index (χ2v) is 8.61. The molecule has 2 aliphatic rings. The summed E-state index contributed by atoms with van der Waals surface area (Å²) in [6, 6.07) is 4.46. The van der Waals surface area contributed by atoms with Gasteiger partial charge in [0.05, 0.1) is 0 Å². The molecule has 10 heteroatoms. The van der Waals surface area contributed by atoms with E-state index in [-0.39, 0.29) is 23.3 Å². The number of urea groups is 1. The molecule has 1 aliphatic heterocycles. The topological polar surface area (TPSA) is 79.9 Å². The second-order valence-electron chi connectivity index (χ2n) is 8.61. The minimum absolute atomic E-state index is 0.0105. The average Bonchev–Trinajstić information content (AvgIpc) is 2.47. The van der Waals surface area contributed by atoms with Crippen molar-refractivity contribution < 1.29 is 32.2 Å². The number of benzene rings is 1. The molecule has 2 N–H and O–H groups in total. The first-order chi connectivity index (χ1) is 13.3. The molecule has 1 aliphatic carbocycles. The minimum atomic E-state index is -4.76. The summed E-state index contributed by atoms with van der Waals surface area (Å²) in [5, 5.41) is 5.40. The molecule has 2 fully saturated rings. The molecule has 1 aromatic rings. The van der Waals surface area contributed by atoms with Crippen molar-refractivity contribution >= 4 is 17.8 Å². The first-order valence-electron chi connectivity index (χ1n) is 9.24. The molecule has 1 heterocycles. The lowest BCUT2D eigenvalue weighted by Crippen LogP contribution is -2.68. The molecular formula is C19H24F3N3O4. The summed E-state index contributed by atoms with van der Waals surface area (Å²) in [7, 11) is 0. The molecule has 0 aromatic heterocycles. The quantitative estimate of drug-likeness (QED) is 0.779. The standard InChI is InChI=1S/C19H24F3N3O4/c1-17(2,3)29-16(27)25-10-18(11-25)8-13(9-18)24-15(26)23-12-4-6-14(7-5-12)28-19(20,21)22/h4-7,13H,8-11H2,1-3H3,(H2,23,24,26). The predicted molar refractivity (Wildman–Crippen MR) is 98.5 cm³/mol. The van der Waals surface area contributed by atoms with Crippen LogP contribution >= 0.6 is 0 Å². The number of carbonyl (C=O) groups excluding carboxylic acids is 2. The van der Waals surface area contributed by atoms with Crippen LogP contribution < -0.4 is 15.4 Å². The molecule has 1 spiro atoms. The van der Waals surface area contributed by atoms with Crippen molar-refractivity contribution in [3.63, 3.8) is 0 Å². The Hall–Kier alpha value is -2.65. The van der Waals surface area contributed by atoms with Gasteiger partial charge in [0.25, 0.3) is 0 Å². The number of nitrogens with zero attached hydrogens (tertiary/aromatic N) is 1. The summed E-state index contributed by atoms with van der Waals surface area (Å²) < 4.78 is 45.6. The highest BCUT2D eigenvalue weighted by Crippen LogP contribution is 2.48. The summed E-state index contributed by atoms with van der Waals surface area (Å²) in [5.41, 5.74) is -0.143. The van der Waals surface area contributed by atoms with Crippen LogP contribution in [0.2, 0.25) is 0 Å². The molecule has 29 heavy (non-hydrogen) atoms. The van der Waals surface area contributed by atoms with Gasteiger partial charge in [0, 0.05) is 30.2 Å². The molecule has 0 unspecified atom stereocenters. The number of anilines is 1. The van der Waals surface area contributed by atoms with Crippen molar-refractivity contribution in [1.82, 2.24) is 10.2 Å². The third-order valence-electron chi connectivity index (χ3n) is 4.74. The van der Waals surface area contributed by atoms with Crippen molar-refractivity contribution in [2.45, 2.75) is 51.6 Å². The van der Waals surface area contributed by atoms with Gasteiger partial charge in [0.15, 0.2) is 0 Å². The monoisotopic (exact) mass is 415 g/mol. The number of alkyl halides is 3. The molecular weight excluding hydrogens is 391 g/mol. The number of halogens is 3. The highest BCUT2D eigenvalue weighted by molar-refractivity contribution is 5.89. The molecule has 0 radical (unpaired) electrons. The van der Waals surface area contributed by atoms with Gasteiger partial charge in [-0.3, -0.25) is 0 Å². The Kier molecular flexibility index (Phi) is 5.31. The zero-order valence-electron chi connectivity index (χ0n) is 16.4. The maximum Gasteiger partial charge on any atom is 0.573 e. The van der Waals surface area contributed by atoms with E-state index in [1.807, 2.05) is 20.8 Å². The van der Waals surface area contributed by atoms with Crippen LogP contribution in [0.3, 0.4) is 0 Å². The fourth-order valence-electron chi connectivity index (χ4n) is 3.66. The van der Waals surface area contributed by atoms with Gasteiger partial charge in [-0.25, -0.2) is 9.59 Å². The van der Waals surface area contributed by atoms with Gasteiger partial charge in [-0.1, -0.05) is 0 Å². The molecule has 7 nitrogen and oxygen atoms in total. The number of hydrogen-bond donors (Lipinski definition) is 2. The van der Waals surface area contributed by atoms with E-state index in [0.29, 0.717) is 18.8 Å². The summed E-state index contributed by atoms with van der Waals surface area (Å²) in [6.45, 7) is 6.68. The van der Waals surface area contributed by atoms with Gasteiger partial charge in [0.2, 0.25) is 0 Å². The fourth-order valence-corrected chi connectivity index (χ4v) is 3.66. The van der Waals surface area contributed by atoms with Gasteiger partial charge < -0.3 is 25.0 Å². The van der Waals surface area contributed by atoms with Crippen LogP contribution in [0.4, 0.5) is 28.4 Å². The number of amides is 3. The number of ether oxygens (including phenoxy) is 2. The molecule has 0 atom stereocenters. The van der Waals surface area contributed by atoms with Crippen molar-refractivity contribution in [3.8, 4) is 5.75 Å². The normalized spacial score (nSPS) is 18.5. The van der Waals surface area contributed by atoms with Crippen LogP contribution in [-0.2, 0) is 4.74 Å². The smallest absolute Gasteiger partial charge is 0.444 e. The predicted octanol–water partition coefficient (Wildman–Crippen LogP) is 4.11. The first-order valence-corrected chi connectivity index (χ1v) is 9.24. The van der Waals surface area contributed by atoms with Gasteiger partial charge in [0.1, 0.15) is 11.4 Å². The first kappa shape index (κ1) is 21.1. The molecule has 1 saturated heterocycles. The van der Waals surface area contributed by atoms with E-state index < -0.39 is 18.0 Å². The molecule has 3 amide bonds. The van der Waals surface area contributed by atoms with Crippen molar-refractivity contribution in [2.75, 3.05) is 18.4 Å². The van der Waals surface area contributed by atoms with E-state index in [2.05, 4.69) is 15.4 Å². The van der Waals surface area contributed by atoms with E-state index >= 15 is 0 Å².